The average Bonchev–Trinajstić information content (AvgIpc) is 2.37. The van der Waals surface area contributed by atoms with Gasteiger partial charge in [-0.25, -0.2) is 8.78 Å². The monoisotopic (exact) mass is 355 g/mol. The van der Waals surface area contributed by atoms with Crippen LogP contribution in [-0.4, -0.2) is 42.8 Å². The summed E-state index contributed by atoms with van der Waals surface area (Å²) in [6, 6.07) is 4.51. The minimum atomic E-state index is -2.59. The Kier molecular flexibility index (Phi) is 6.51. The normalized spacial score (nSPS) is 10.6. The van der Waals surface area contributed by atoms with Crippen molar-refractivity contribution in [1.82, 2.24) is 4.90 Å². The van der Waals surface area contributed by atoms with Crippen LogP contribution in [0.3, 0.4) is 0 Å². The fourth-order valence-corrected chi connectivity index (χ4v) is 2.16. The number of benzene rings is 1. The van der Waals surface area contributed by atoms with Crippen LogP contribution < -0.4 is 4.74 Å². The lowest BCUT2D eigenvalue weighted by Crippen LogP contribution is -2.36. The molecule has 1 aromatic carbocycles. The predicted molar refractivity (Wildman–Crippen MR) is 73.7 cm³/mol. The topological polar surface area (TPSA) is 29.5 Å². The number of methoxy groups -OCH3 is 1. The van der Waals surface area contributed by atoms with Crippen LogP contribution in [-0.2, 0) is 0 Å². The molecule has 19 heavy (non-hydrogen) atoms. The molecule has 7 heteroatoms. The third-order valence-corrected chi connectivity index (χ3v) is 2.98. The van der Waals surface area contributed by atoms with Gasteiger partial charge >= 0.3 is 0 Å². The van der Waals surface area contributed by atoms with E-state index in [4.69, 9.17) is 16.3 Å². The number of carbonyl (C=O) groups excluding carboxylic acids is 1. The van der Waals surface area contributed by atoms with Gasteiger partial charge in [0.25, 0.3) is 12.3 Å². The quantitative estimate of drug-likeness (QED) is 0.731. The number of hydrogen-bond acceptors (Lipinski definition) is 2. The van der Waals surface area contributed by atoms with E-state index in [0.717, 1.165) is 4.90 Å². The number of hydrogen-bond donors (Lipinski definition) is 0. The van der Waals surface area contributed by atoms with E-state index in [0.29, 0.717) is 16.1 Å². The van der Waals surface area contributed by atoms with Crippen molar-refractivity contribution < 1.29 is 18.3 Å². The lowest BCUT2D eigenvalue weighted by Gasteiger charge is -2.22. The van der Waals surface area contributed by atoms with Crippen molar-refractivity contribution in [2.24, 2.45) is 0 Å². The first-order valence-corrected chi connectivity index (χ1v) is 6.96. The fraction of sp³-hybridized carbons (Fsp3) is 0.417. The van der Waals surface area contributed by atoms with E-state index in [1.807, 2.05) is 0 Å². The van der Waals surface area contributed by atoms with E-state index in [-0.39, 0.29) is 12.1 Å². The lowest BCUT2D eigenvalue weighted by atomic mass is 10.1. The fourth-order valence-electron chi connectivity index (χ4n) is 1.56. The minimum Gasteiger partial charge on any atom is -0.496 e. The van der Waals surface area contributed by atoms with Crippen LogP contribution in [0, 0.1) is 0 Å². The summed E-state index contributed by atoms with van der Waals surface area (Å²) in [5, 5.41) is 0.758. The highest BCUT2D eigenvalue weighted by Crippen LogP contribution is 2.24. The minimum absolute atomic E-state index is 0.177. The maximum Gasteiger partial charge on any atom is 0.257 e. The van der Waals surface area contributed by atoms with Gasteiger partial charge in [0.1, 0.15) is 5.75 Å². The molecule has 0 N–H and O–H groups in total. The number of nitrogens with zero attached hydrogens (tertiary/aromatic N) is 1. The van der Waals surface area contributed by atoms with Crippen molar-refractivity contribution in [1.29, 1.82) is 0 Å². The van der Waals surface area contributed by atoms with Crippen LogP contribution in [0.1, 0.15) is 10.4 Å². The van der Waals surface area contributed by atoms with Crippen LogP contribution in [0.2, 0.25) is 5.02 Å². The zero-order valence-corrected chi connectivity index (χ0v) is 12.5. The van der Waals surface area contributed by atoms with Crippen LogP contribution >= 0.6 is 27.5 Å². The third-order valence-electron chi connectivity index (χ3n) is 2.39. The number of rotatable bonds is 6. The van der Waals surface area contributed by atoms with Crippen molar-refractivity contribution in [3.63, 3.8) is 0 Å². The lowest BCUT2D eigenvalue weighted by molar-refractivity contribution is 0.0569. The molecule has 0 saturated carbocycles. The molecule has 0 fully saturated rings. The Hall–Kier alpha value is -0.880. The van der Waals surface area contributed by atoms with E-state index >= 15 is 0 Å². The Bertz CT molecular complexity index is 446. The van der Waals surface area contributed by atoms with Crippen LogP contribution in [0.15, 0.2) is 18.2 Å². The van der Waals surface area contributed by atoms with Gasteiger partial charge in [0.2, 0.25) is 0 Å². The number of halogens is 4. The first-order chi connectivity index (χ1) is 8.99. The molecule has 0 saturated heterocycles. The Labute approximate surface area is 123 Å². The number of alkyl halides is 3. The summed E-state index contributed by atoms with van der Waals surface area (Å²) < 4.78 is 30.0. The summed E-state index contributed by atoms with van der Waals surface area (Å²) in [6.45, 7) is -0.445. The molecule has 3 nitrogen and oxygen atoms in total. The molecular formula is C12H13BrClF2NO2. The summed E-state index contributed by atoms with van der Waals surface area (Å²) in [7, 11) is 1.40. The third kappa shape index (κ3) is 4.62. The molecule has 1 rings (SSSR count). The van der Waals surface area contributed by atoms with E-state index < -0.39 is 18.9 Å². The van der Waals surface area contributed by atoms with Crippen LogP contribution in [0.25, 0.3) is 0 Å². The van der Waals surface area contributed by atoms with Gasteiger partial charge in [-0.1, -0.05) is 27.5 Å². The summed E-state index contributed by atoms with van der Waals surface area (Å²) in [5.74, 6) is -0.220. The Morgan fingerprint density at radius 1 is 1.53 bits per heavy atom. The van der Waals surface area contributed by atoms with Gasteiger partial charge in [-0.15, -0.1) is 0 Å². The second-order valence-electron chi connectivity index (χ2n) is 3.68. The van der Waals surface area contributed by atoms with Gasteiger partial charge in [0.05, 0.1) is 19.2 Å². The van der Waals surface area contributed by atoms with Gasteiger partial charge < -0.3 is 9.64 Å². The molecule has 0 aliphatic rings. The highest BCUT2D eigenvalue weighted by atomic mass is 79.9. The van der Waals surface area contributed by atoms with Crippen LogP contribution in [0.4, 0.5) is 8.78 Å². The van der Waals surface area contributed by atoms with Gasteiger partial charge in [0.15, 0.2) is 0 Å². The maximum atomic E-state index is 12.5. The first kappa shape index (κ1) is 16.2. The van der Waals surface area contributed by atoms with Crippen molar-refractivity contribution in [3.05, 3.63) is 28.8 Å². The van der Waals surface area contributed by atoms with E-state index in [1.165, 1.54) is 19.2 Å². The largest absolute Gasteiger partial charge is 0.496 e. The van der Waals surface area contributed by atoms with Crippen LogP contribution in [0.5, 0.6) is 5.75 Å². The van der Waals surface area contributed by atoms with Crippen molar-refractivity contribution in [2.75, 3.05) is 25.5 Å². The highest BCUT2D eigenvalue weighted by molar-refractivity contribution is 9.09. The molecule has 106 valence electrons. The molecule has 0 aromatic heterocycles. The predicted octanol–water partition coefficient (Wildman–Crippen LogP) is 3.45. The van der Waals surface area contributed by atoms with Gasteiger partial charge in [0, 0.05) is 16.9 Å². The summed E-state index contributed by atoms with van der Waals surface area (Å²) in [6.07, 6.45) is -2.59. The summed E-state index contributed by atoms with van der Waals surface area (Å²) in [4.78, 5) is 13.3. The SMILES string of the molecule is COc1ccc(Cl)cc1C(=O)N(CCBr)CC(F)F. The Morgan fingerprint density at radius 2 is 2.21 bits per heavy atom. The zero-order chi connectivity index (χ0) is 14.4. The Morgan fingerprint density at radius 3 is 2.74 bits per heavy atom. The smallest absolute Gasteiger partial charge is 0.257 e. The van der Waals surface area contributed by atoms with Crippen molar-refractivity contribution >= 4 is 33.4 Å². The maximum absolute atomic E-state index is 12.5. The standard InChI is InChI=1S/C12H13BrClF2NO2/c1-19-10-3-2-8(14)6-9(10)12(18)17(5-4-13)7-11(15)16/h2-3,6,11H,4-5,7H2,1H3. The number of ether oxygens (including phenoxy) is 1. The summed E-state index contributed by atoms with van der Waals surface area (Å²) in [5.41, 5.74) is 0.177. The van der Waals surface area contributed by atoms with E-state index in [1.54, 1.807) is 6.07 Å². The molecule has 1 aromatic rings. The number of carbonyl (C=O) groups is 1. The molecule has 0 atom stereocenters. The molecule has 0 unspecified atom stereocenters. The molecule has 0 bridgehead atoms. The molecular weight excluding hydrogens is 343 g/mol. The molecule has 1 amide bonds. The van der Waals surface area contributed by atoms with Crippen molar-refractivity contribution in [2.45, 2.75) is 6.43 Å². The van der Waals surface area contributed by atoms with E-state index in [9.17, 15) is 13.6 Å². The molecule has 0 aliphatic heterocycles. The first-order valence-electron chi connectivity index (χ1n) is 5.46. The summed E-state index contributed by atoms with van der Waals surface area (Å²) >= 11 is 8.96. The van der Waals surface area contributed by atoms with Gasteiger partial charge in [-0.3, -0.25) is 4.79 Å². The number of amides is 1. The zero-order valence-electron chi connectivity index (χ0n) is 10.2. The molecule has 0 heterocycles. The van der Waals surface area contributed by atoms with E-state index in [2.05, 4.69) is 15.9 Å². The molecule has 0 radical (unpaired) electrons. The molecule has 0 aliphatic carbocycles. The Balaban J connectivity index is 3.04. The van der Waals surface area contributed by atoms with Gasteiger partial charge in [-0.05, 0) is 18.2 Å². The van der Waals surface area contributed by atoms with Crippen molar-refractivity contribution in [3.8, 4) is 5.75 Å². The average molecular weight is 357 g/mol. The van der Waals surface area contributed by atoms with Gasteiger partial charge in [-0.2, -0.15) is 0 Å². The highest BCUT2D eigenvalue weighted by Gasteiger charge is 2.22. The second-order valence-corrected chi connectivity index (χ2v) is 4.91. The molecule has 0 spiro atoms. The second kappa shape index (κ2) is 7.65.